The summed E-state index contributed by atoms with van der Waals surface area (Å²) in [5.41, 5.74) is 9.05. The number of fused-ring (bicyclic) bond motifs is 1. The van der Waals surface area contributed by atoms with E-state index in [0.29, 0.717) is 36.5 Å². The van der Waals surface area contributed by atoms with Crippen LogP contribution in [0, 0.1) is 28.6 Å². The number of pyridine rings is 3. The first-order valence-electron chi connectivity index (χ1n) is 9.93. The van der Waals surface area contributed by atoms with E-state index in [0.717, 1.165) is 22.2 Å². The molecule has 4 aromatic rings. The average molecular weight is 406 g/mol. The zero-order valence-electron chi connectivity index (χ0n) is 16.6. The summed E-state index contributed by atoms with van der Waals surface area (Å²) in [5, 5.41) is 24.2. The highest BCUT2D eigenvalue weighted by atomic mass is 15.3. The number of nitrogens with zero attached hydrogens (tertiary/aromatic N) is 7. The molecule has 1 aliphatic carbocycles. The van der Waals surface area contributed by atoms with Crippen molar-refractivity contribution >= 4 is 16.7 Å². The fraction of sp³-hybridized carbons (Fsp3) is 0.217. The molecule has 0 unspecified atom stereocenters. The van der Waals surface area contributed by atoms with Gasteiger partial charge in [0, 0.05) is 29.5 Å². The predicted molar refractivity (Wildman–Crippen MR) is 115 cm³/mol. The number of aromatic nitrogens is 5. The van der Waals surface area contributed by atoms with E-state index < -0.39 is 5.54 Å². The second-order valence-electron chi connectivity index (χ2n) is 7.84. The molecular weight excluding hydrogens is 388 g/mol. The van der Waals surface area contributed by atoms with Crippen LogP contribution in [0.3, 0.4) is 0 Å². The van der Waals surface area contributed by atoms with Crippen LogP contribution in [0.4, 0.5) is 5.82 Å². The summed E-state index contributed by atoms with van der Waals surface area (Å²) in [4.78, 5) is 13.5. The topological polar surface area (TPSA) is 130 Å². The van der Waals surface area contributed by atoms with Gasteiger partial charge in [-0.2, -0.15) is 15.6 Å². The van der Waals surface area contributed by atoms with Gasteiger partial charge in [-0.1, -0.05) is 0 Å². The highest BCUT2D eigenvalue weighted by Gasteiger charge is 2.46. The van der Waals surface area contributed by atoms with Crippen molar-refractivity contribution in [3.8, 4) is 34.8 Å². The summed E-state index contributed by atoms with van der Waals surface area (Å²) in [7, 11) is 0. The Morgan fingerprint density at radius 3 is 2.74 bits per heavy atom. The smallest absolute Gasteiger partial charge is 0.123 e. The summed E-state index contributed by atoms with van der Waals surface area (Å²) in [6.07, 6.45) is 6.89. The fourth-order valence-corrected chi connectivity index (χ4v) is 4.20. The lowest BCUT2D eigenvalue weighted by Crippen LogP contribution is -2.46. The molecule has 0 spiro atoms. The molecule has 0 atom stereocenters. The third-order valence-corrected chi connectivity index (χ3v) is 5.84. The summed E-state index contributed by atoms with van der Waals surface area (Å²) in [5.74, 6) is 0.408. The molecule has 1 aliphatic rings. The van der Waals surface area contributed by atoms with Crippen LogP contribution in [0.25, 0.3) is 33.5 Å². The van der Waals surface area contributed by atoms with E-state index in [1.165, 1.54) is 0 Å². The maximum absolute atomic E-state index is 9.32. The van der Waals surface area contributed by atoms with Gasteiger partial charge in [0.15, 0.2) is 0 Å². The Morgan fingerprint density at radius 1 is 1.13 bits per heavy atom. The van der Waals surface area contributed by atoms with Crippen LogP contribution in [0.15, 0.2) is 55.0 Å². The van der Waals surface area contributed by atoms with Crippen molar-refractivity contribution < 1.29 is 0 Å². The minimum absolute atomic E-state index is 0.0366. The van der Waals surface area contributed by atoms with E-state index in [4.69, 9.17) is 15.8 Å². The van der Waals surface area contributed by atoms with Crippen LogP contribution in [-0.4, -0.2) is 24.7 Å². The molecule has 150 valence electrons. The normalized spacial score (nSPS) is 20.0. The van der Waals surface area contributed by atoms with Crippen LogP contribution < -0.4 is 5.73 Å². The van der Waals surface area contributed by atoms with Crippen molar-refractivity contribution in [2.75, 3.05) is 5.73 Å². The predicted octanol–water partition coefficient (Wildman–Crippen LogP) is 3.68. The molecule has 0 radical (unpaired) electrons. The quantitative estimate of drug-likeness (QED) is 0.547. The van der Waals surface area contributed by atoms with Gasteiger partial charge in [0.25, 0.3) is 0 Å². The molecule has 0 aromatic carbocycles. The van der Waals surface area contributed by atoms with E-state index in [2.05, 4.69) is 22.1 Å². The van der Waals surface area contributed by atoms with Crippen LogP contribution in [-0.2, 0) is 5.54 Å². The highest BCUT2D eigenvalue weighted by molar-refractivity contribution is 5.93. The first-order valence-corrected chi connectivity index (χ1v) is 9.93. The fourth-order valence-electron chi connectivity index (χ4n) is 4.20. The maximum Gasteiger partial charge on any atom is 0.123 e. The number of nitrogens with two attached hydrogens (primary N) is 1. The molecule has 1 saturated carbocycles. The van der Waals surface area contributed by atoms with E-state index in [9.17, 15) is 10.5 Å². The van der Waals surface area contributed by atoms with Gasteiger partial charge in [-0.15, -0.1) is 0 Å². The van der Waals surface area contributed by atoms with E-state index in [1.807, 2.05) is 41.2 Å². The number of anilines is 1. The molecule has 5 rings (SSSR count). The van der Waals surface area contributed by atoms with Crippen molar-refractivity contribution in [3.05, 3.63) is 55.0 Å². The van der Waals surface area contributed by atoms with Crippen LogP contribution >= 0.6 is 0 Å². The largest absolute Gasteiger partial charge is 0.384 e. The Bertz CT molecular complexity index is 1350. The number of rotatable bonds is 4. The van der Waals surface area contributed by atoms with Gasteiger partial charge in [0.05, 0.1) is 41.2 Å². The number of hydrogen-bond acceptors (Lipinski definition) is 7. The Kier molecular flexibility index (Phi) is 4.34. The summed E-state index contributed by atoms with van der Waals surface area (Å²) in [6.45, 7) is 0. The first kappa shape index (κ1) is 18.7. The lowest BCUT2D eigenvalue weighted by molar-refractivity contribution is 0.0884. The minimum Gasteiger partial charge on any atom is -0.384 e. The van der Waals surface area contributed by atoms with Crippen molar-refractivity contribution in [3.63, 3.8) is 0 Å². The summed E-state index contributed by atoms with van der Waals surface area (Å²) < 4.78 is 1.83. The second kappa shape index (κ2) is 7.19. The van der Waals surface area contributed by atoms with Gasteiger partial charge in [-0.3, -0.25) is 9.67 Å². The SMILES string of the molecule is N#CC[C@]1(n2ccc(-c3nc(-c4ccc(N)nc4)cc4ncccc34)n2)C[C@@H](C#N)C1. The van der Waals surface area contributed by atoms with Crippen LogP contribution in [0.5, 0.6) is 0 Å². The second-order valence-corrected chi connectivity index (χ2v) is 7.84. The summed E-state index contributed by atoms with van der Waals surface area (Å²) >= 11 is 0. The van der Waals surface area contributed by atoms with Crippen molar-refractivity contribution in [2.45, 2.75) is 24.8 Å². The summed E-state index contributed by atoms with van der Waals surface area (Å²) in [6, 6.07) is 15.8. The van der Waals surface area contributed by atoms with Gasteiger partial charge in [0.1, 0.15) is 17.2 Å². The molecule has 1 fully saturated rings. The zero-order chi connectivity index (χ0) is 21.4. The van der Waals surface area contributed by atoms with Crippen molar-refractivity contribution in [1.82, 2.24) is 24.7 Å². The maximum atomic E-state index is 9.32. The van der Waals surface area contributed by atoms with Gasteiger partial charge < -0.3 is 5.73 Å². The molecule has 4 heterocycles. The Hall–Kier alpha value is -4.30. The van der Waals surface area contributed by atoms with Crippen LogP contribution in [0.1, 0.15) is 19.3 Å². The average Bonchev–Trinajstić information content (AvgIpc) is 3.26. The Balaban J connectivity index is 1.62. The lowest BCUT2D eigenvalue weighted by atomic mass is 9.67. The van der Waals surface area contributed by atoms with Crippen LogP contribution in [0.2, 0.25) is 0 Å². The molecular formula is C23H18N8. The van der Waals surface area contributed by atoms with Crippen molar-refractivity contribution in [2.24, 2.45) is 5.92 Å². The molecule has 2 N–H and O–H groups in total. The van der Waals surface area contributed by atoms with E-state index in [-0.39, 0.29) is 5.92 Å². The molecule has 8 nitrogen and oxygen atoms in total. The number of nitrogen functional groups attached to an aromatic ring is 1. The van der Waals surface area contributed by atoms with Gasteiger partial charge >= 0.3 is 0 Å². The number of nitriles is 2. The molecule has 0 amide bonds. The number of hydrogen-bond donors (Lipinski definition) is 1. The monoisotopic (exact) mass is 406 g/mol. The molecule has 31 heavy (non-hydrogen) atoms. The molecule has 0 aliphatic heterocycles. The molecule has 8 heteroatoms. The van der Waals surface area contributed by atoms with E-state index in [1.54, 1.807) is 18.5 Å². The van der Waals surface area contributed by atoms with Crippen molar-refractivity contribution in [1.29, 1.82) is 10.5 Å². The van der Waals surface area contributed by atoms with Gasteiger partial charge in [0.2, 0.25) is 0 Å². The minimum atomic E-state index is -0.431. The standard InChI is InChI=1S/C23H18N8/c24-7-6-23(11-15(12-23)13-25)31-9-5-18(30-31)22-17-2-1-8-27-20(17)10-19(29-22)16-3-4-21(26)28-14-16/h1-5,8-10,14-15H,6,11-12H2,(H2,26,28)/t15-,23+. The Labute approximate surface area is 178 Å². The third kappa shape index (κ3) is 3.15. The molecule has 0 bridgehead atoms. The zero-order valence-corrected chi connectivity index (χ0v) is 16.6. The first-order chi connectivity index (χ1) is 15.1. The Morgan fingerprint density at radius 2 is 2.00 bits per heavy atom. The highest BCUT2D eigenvalue weighted by Crippen LogP contribution is 2.46. The van der Waals surface area contributed by atoms with Gasteiger partial charge in [-0.25, -0.2) is 9.97 Å². The molecule has 0 saturated heterocycles. The van der Waals surface area contributed by atoms with Gasteiger partial charge in [-0.05, 0) is 49.2 Å². The van der Waals surface area contributed by atoms with E-state index >= 15 is 0 Å². The lowest BCUT2D eigenvalue weighted by Gasteiger charge is -2.43. The molecule has 4 aromatic heterocycles. The third-order valence-electron chi connectivity index (χ3n) is 5.84.